The molecule has 3 rings (SSSR count). The quantitative estimate of drug-likeness (QED) is 0.391. The topological polar surface area (TPSA) is 112 Å². The lowest BCUT2D eigenvalue weighted by atomic mass is 10.0. The summed E-state index contributed by atoms with van der Waals surface area (Å²) in [5.41, 5.74) is -0.459. The van der Waals surface area contributed by atoms with Gasteiger partial charge in [-0.25, -0.2) is 0 Å². The number of hydrogen-bond acceptors (Lipinski definition) is 7. The van der Waals surface area contributed by atoms with Crippen LogP contribution in [-0.2, 0) is 6.54 Å². The van der Waals surface area contributed by atoms with E-state index < -0.39 is 10.9 Å². The molecule has 1 aromatic heterocycles. The first-order chi connectivity index (χ1) is 14.8. The summed E-state index contributed by atoms with van der Waals surface area (Å²) in [5, 5.41) is 16.0. The molecule has 8 heteroatoms. The molecule has 32 heavy (non-hydrogen) atoms. The Morgan fingerprint density at radius 1 is 1.03 bits per heavy atom. The largest absolute Gasteiger partial charge is 0.505 e. The van der Waals surface area contributed by atoms with Crippen molar-refractivity contribution in [2.75, 3.05) is 24.7 Å². The Morgan fingerprint density at radius 2 is 1.62 bits per heavy atom. The van der Waals surface area contributed by atoms with E-state index in [2.05, 4.69) is 38.3 Å². The molecular weight excluding hydrogens is 410 g/mol. The fourth-order valence-electron chi connectivity index (χ4n) is 2.63. The Kier molecular flexibility index (Phi) is 7.51. The van der Waals surface area contributed by atoms with E-state index in [1.54, 1.807) is 39.2 Å². The van der Waals surface area contributed by atoms with E-state index in [0.717, 1.165) is 5.76 Å². The number of nitrogens with zero attached hydrogens (tertiary/aromatic N) is 1. The first-order valence-corrected chi connectivity index (χ1v) is 10.2. The maximum Gasteiger partial charge on any atom is 0.257 e. The number of phenols is 1. The molecule has 0 unspecified atom stereocenters. The molecule has 8 nitrogen and oxygen atoms in total. The van der Waals surface area contributed by atoms with Crippen molar-refractivity contribution in [3.63, 3.8) is 0 Å². The Morgan fingerprint density at radius 3 is 2.16 bits per heavy atom. The zero-order valence-corrected chi connectivity index (χ0v) is 19.6. The van der Waals surface area contributed by atoms with Crippen molar-refractivity contribution in [1.29, 1.82) is 0 Å². The average molecular weight is 442 g/mol. The second-order valence-electron chi connectivity index (χ2n) is 9.30. The van der Waals surface area contributed by atoms with Crippen molar-refractivity contribution in [1.82, 2.24) is 4.90 Å². The van der Waals surface area contributed by atoms with Gasteiger partial charge in [0, 0.05) is 14.1 Å². The van der Waals surface area contributed by atoms with Gasteiger partial charge in [-0.1, -0.05) is 33.8 Å². The van der Waals surface area contributed by atoms with E-state index >= 15 is 0 Å². The molecule has 0 bridgehead atoms. The van der Waals surface area contributed by atoms with Crippen LogP contribution >= 0.6 is 0 Å². The Bertz CT molecular complexity index is 1160. The molecule has 0 atom stereocenters. The minimum Gasteiger partial charge on any atom is -0.505 e. The van der Waals surface area contributed by atoms with E-state index in [4.69, 9.17) is 4.42 Å². The van der Waals surface area contributed by atoms with E-state index in [1.165, 1.54) is 17.0 Å². The predicted octanol–water partition coefficient (Wildman–Crippen LogP) is 4.00. The van der Waals surface area contributed by atoms with Gasteiger partial charge in [0.1, 0.15) is 22.9 Å². The summed E-state index contributed by atoms with van der Waals surface area (Å²) >= 11 is 0. The van der Waals surface area contributed by atoms with E-state index in [0.29, 0.717) is 11.2 Å². The van der Waals surface area contributed by atoms with Crippen molar-refractivity contribution in [2.45, 2.75) is 41.2 Å². The van der Waals surface area contributed by atoms with E-state index in [9.17, 15) is 19.5 Å². The standard InChI is InChI=1S/C19H19N3O5.C5H12/c1-10-7-8-11(27-10)9-20-14-15(18(25)17(14)24)21-13-6-4-5-12(16(13)23)19(26)22(2)3;1-5(2,3)4/h4-8,20-21,23H,9H2,1-3H3;1-4H3. The van der Waals surface area contributed by atoms with E-state index in [-0.39, 0.29) is 40.8 Å². The maximum atomic E-state index is 12.1. The van der Waals surface area contributed by atoms with Crippen molar-refractivity contribution in [3.05, 3.63) is 67.9 Å². The van der Waals surface area contributed by atoms with Crippen LogP contribution in [-0.4, -0.2) is 30.0 Å². The number of phenolic OH excluding ortho intramolecular Hbond substituents is 1. The van der Waals surface area contributed by atoms with Crippen molar-refractivity contribution in [2.24, 2.45) is 5.41 Å². The summed E-state index contributed by atoms with van der Waals surface area (Å²) in [6, 6.07) is 8.12. The number of amides is 1. The van der Waals surface area contributed by atoms with Crippen molar-refractivity contribution >= 4 is 23.0 Å². The number of carbonyl (C=O) groups is 1. The zero-order valence-electron chi connectivity index (χ0n) is 19.6. The molecule has 1 amide bonds. The summed E-state index contributed by atoms with van der Waals surface area (Å²) in [6.07, 6.45) is 0. The molecule has 2 aromatic carbocycles. The molecule has 0 fully saturated rings. The highest BCUT2D eigenvalue weighted by Crippen LogP contribution is 2.32. The number of anilines is 3. The number of carbonyl (C=O) groups excluding carboxylic acids is 1. The Labute approximate surface area is 187 Å². The minimum atomic E-state index is -0.697. The average Bonchev–Trinajstić information content (AvgIpc) is 3.11. The molecule has 0 aliphatic carbocycles. The molecule has 3 aromatic rings. The van der Waals surface area contributed by atoms with Gasteiger partial charge < -0.3 is 25.1 Å². The lowest BCUT2D eigenvalue weighted by Crippen LogP contribution is -2.36. The van der Waals surface area contributed by atoms with Crippen LogP contribution in [0.3, 0.4) is 0 Å². The number of aromatic hydroxyl groups is 1. The van der Waals surface area contributed by atoms with E-state index in [1.807, 2.05) is 0 Å². The minimum absolute atomic E-state index is 0.0352. The molecule has 0 aliphatic heterocycles. The first kappa shape index (κ1) is 24.7. The van der Waals surface area contributed by atoms with Gasteiger partial charge in [0.05, 0.1) is 17.8 Å². The maximum absolute atomic E-state index is 12.1. The molecule has 0 saturated carbocycles. The molecule has 0 spiro atoms. The third kappa shape index (κ3) is 6.23. The SMILES string of the molecule is CC(C)(C)C.Cc1ccc(CNc2c(Nc3cccc(C(=O)N(C)C)c3O)c(=O)c2=O)o1. The third-order valence-corrected chi connectivity index (χ3v) is 4.08. The molecule has 1 heterocycles. The van der Waals surface area contributed by atoms with Crippen LogP contribution in [0, 0.1) is 12.3 Å². The molecular formula is C24H31N3O5. The van der Waals surface area contributed by atoms with Crippen LogP contribution in [0.15, 0.2) is 44.3 Å². The second kappa shape index (κ2) is 9.72. The highest BCUT2D eigenvalue weighted by atomic mass is 16.3. The van der Waals surface area contributed by atoms with Crippen LogP contribution in [0.5, 0.6) is 5.75 Å². The highest BCUT2D eigenvalue weighted by Gasteiger charge is 2.23. The van der Waals surface area contributed by atoms with Crippen LogP contribution in [0.25, 0.3) is 0 Å². The van der Waals surface area contributed by atoms with Gasteiger partial charge in [-0.2, -0.15) is 0 Å². The smallest absolute Gasteiger partial charge is 0.257 e. The molecule has 0 aliphatic rings. The van der Waals surface area contributed by atoms with Crippen molar-refractivity contribution < 1.29 is 14.3 Å². The van der Waals surface area contributed by atoms with Gasteiger partial charge >= 0.3 is 0 Å². The monoisotopic (exact) mass is 441 g/mol. The Hall–Kier alpha value is -3.55. The summed E-state index contributed by atoms with van der Waals surface area (Å²) in [6.45, 7) is 10.8. The predicted molar refractivity (Wildman–Crippen MR) is 127 cm³/mol. The van der Waals surface area contributed by atoms with Crippen LogP contribution in [0.4, 0.5) is 17.1 Å². The summed E-state index contributed by atoms with van der Waals surface area (Å²) in [4.78, 5) is 37.3. The van der Waals surface area contributed by atoms with Gasteiger partial charge in [-0.15, -0.1) is 0 Å². The number of aryl methyl sites for hydroxylation is 1. The normalized spacial score (nSPS) is 11.0. The summed E-state index contributed by atoms with van der Waals surface area (Å²) in [5.74, 6) is 0.680. The van der Waals surface area contributed by atoms with Gasteiger partial charge in [0.25, 0.3) is 16.8 Å². The van der Waals surface area contributed by atoms with Crippen molar-refractivity contribution in [3.8, 4) is 5.75 Å². The van der Waals surface area contributed by atoms with Gasteiger partial charge in [0.2, 0.25) is 0 Å². The molecule has 0 radical (unpaired) electrons. The number of furan rings is 1. The lowest BCUT2D eigenvalue weighted by Gasteiger charge is -2.17. The number of nitrogens with one attached hydrogen (secondary N) is 2. The van der Waals surface area contributed by atoms with Gasteiger partial charge in [0.15, 0.2) is 5.75 Å². The fourth-order valence-corrected chi connectivity index (χ4v) is 2.63. The third-order valence-electron chi connectivity index (χ3n) is 4.08. The summed E-state index contributed by atoms with van der Waals surface area (Å²) < 4.78 is 5.42. The number of hydrogen-bond donors (Lipinski definition) is 3. The highest BCUT2D eigenvalue weighted by molar-refractivity contribution is 5.99. The molecule has 3 N–H and O–H groups in total. The number of rotatable bonds is 6. The van der Waals surface area contributed by atoms with Crippen LogP contribution in [0.2, 0.25) is 0 Å². The van der Waals surface area contributed by atoms with Crippen LogP contribution in [0.1, 0.15) is 49.6 Å². The summed E-state index contributed by atoms with van der Waals surface area (Å²) in [7, 11) is 3.13. The van der Waals surface area contributed by atoms with Gasteiger partial charge in [-0.3, -0.25) is 14.4 Å². The Balaban J connectivity index is 0.000000654. The zero-order chi connectivity index (χ0) is 24.2. The number of benzene rings is 1. The first-order valence-electron chi connectivity index (χ1n) is 10.2. The van der Waals surface area contributed by atoms with Crippen LogP contribution < -0.4 is 21.5 Å². The molecule has 0 saturated heterocycles. The molecule has 172 valence electrons. The number of para-hydroxylation sites is 1. The lowest BCUT2D eigenvalue weighted by molar-refractivity contribution is 0.0824. The van der Waals surface area contributed by atoms with Gasteiger partial charge in [-0.05, 0) is 36.6 Å². The fraction of sp³-hybridized carbons (Fsp3) is 0.375. The second-order valence-corrected chi connectivity index (χ2v) is 9.30.